The first kappa shape index (κ1) is 8.31. The van der Waals surface area contributed by atoms with Crippen molar-refractivity contribution in [1.82, 2.24) is 0 Å². The Bertz CT molecular complexity index is 43.8. The molecule has 1 nitrogen and oxygen atoms in total. The third-order valence-electron chi connectivity index (χ3n) is 1.14. The van der Waals surface area contributed by atoms with E-state index in [-0.39, 0.29) is 0 Å². The second-order valence-corrected chi connectivity index (χ2v) is 2.63. The fourth-order valence-corrected chi connectivity index (χ4v) is 1.28. The average Bonchev–Trinajstić information content (AvgIpc) is 1.83. The lowest BCUT2D eigenvalue weighted by Gasteiger charge is -2.09. The molecule has 0 aromatic heterocycles. The van der Waals surface area contributed by atoms with Crippen molar-refractivity contribution in [2.75, 3.05) is 19.1 Å². The van der Waals surface area contributed by atoms with E-state index in [4.69, 9.17) is 4.74 Å². The first-order valence-electron chi connectivity index (χ1n) is 2.86. The molecule has 0 saturated heterocycles. The molecule has 0 rings (SSSR count). The predicted molar refractivity (Wildman–Crippen MR) is 39.5 cm³/mol. The van der Waals surface area contributed by atoms with Crippen LogP contribution in [0, 0.1) is 0 Å². The minimum atomic E-state index is 0.463. The van der Waals surface area contributed by atoms with Crippen molar-refractivity contribution < 1.29 is 4.74 Å². The maximum atomic E-state index is 5.12. The van der Waals surface area contributed by atoms with Gasteiger partial charge in [-0.3, -0.25) is 0 Å². The Morgan fingerprint density at radius 3 is 2.38 bits per heavy atom. The standard InChI is InChI=1S/C6H14OS/c1-4-6(7-2)5-8-3/h6H,4-5H2,1-3H3. The summed E-state index contributed by atoms with van der Waals surface area (Å²) in [4.78, 5) is 0. The summed E-state index contributed by atoms with van der Waals surface area (Å²) in [5, 5.41) is 0. The molecule has 0 spiro atoms. The Labute approximate surface area is 55.8 Å². The van der Waals surface area contributed by atoms with E-state index < -0.39 is 0 Å². The smallest absolute Gasteiger partial charge is 0.0658 e. The predicted octanol–water partition coefficient (Wildman–Crippen LogP) is 1.77. The SMILES string of the molecule is CCC(CSC)OC. The summed E-state index contributed by atoms with van der Waals surface area (Å²) < 4.78 is 5.12. The molecule has 0 aliphatic rings. The summed E-state index contributed by atoms with van der Waals surface area (Å²) >= 11 is 1.83. The Balaban J connectivity index is 3.07. The average molecular weight is 134 g/mol. The molecule has 0 amide bonds. The number of hydrogen-bond donors (Lipinski definition) is 0. The molecule has 1 atom stereocenters. The van der Waals surface area contributed by atoms with Gasteiger partial charge >= 0.3 is 0 Å². The van der Waals surface area contributed by atoms with Gasteiger partial charge in [-0.2, -0.15) is 11.8 Å². The Morgan fingerprint density at radius 2 is 2.25 bits per heavy atom. The lowest BCUT2D eigenvalue weighted by atomic mass is 10.3. The van der Waals surface area contributed by atoms with Gasteiger partial charge in [0.25, 0.3) is 0 Å². The maximum Gasteiger partial charge on any atom is 0.0658 e. The second kappa shape index (κ2) is 5.45. The van der Waals surface area contributed by atoms with Crippen LogP contribution in [0.4, 0.5) is 0 Å². The molecule has 0 saturated carbocycles. The first-order chi connectivity index (χ1) is 3.85. The van der Waals surface area contributed by atoms with Crippen LogP contribution >= 0.6 is 11.8 Å². The zero-order chi connectivity index (χ0) is 6.41. The van der Waals surface area contributed by atoms with E-state index in [1.807, 2.05) is 11.8 Å². The largest absolute Gasteiger partial charge is 0.381 e. The van der Waals surface area contributed by atoms with Crippen molar-refractivity contribution in [3.8, 4) is 0 Å². The molecule has 0 radical (unpaired) electrons. The highest BCUT2D eigenvalue weighted by molar-refractivity contribution is 7.98. The first-order valence-corrected chi connectivity index (χ1v) is 4.26. The van der Waals surface area contributed by atoms with Gasteiger partial charge in [0.1, 0.15) is 0 Å². The van der Waals surface area contributed by atoms with Gasteiger partial charge in [-0.25, -0.2) is 0 Å². The number of thioether (sulfide) groups is 1. The van der Waals surface area contributed by atoms with Gasteiger partial charge in [0.05, 0.1) is 6.10 Å². The van der Waals surface area contributed by atoms with Crippen LogP contribution in [-0.2, 0) is 4.74 Å². The van der Waals surface area contributed by atoms with Crippen LogP contribution in [0.3, 0.4) is 0 Å². The summed E-state index contributed by atoms with van der Waals surface area (Å²) in [6.45, 7) is 2.14. The minimum absolute atomic E-state index is 0.463. The van der Waals surface area contributed by atoms with Gasteiger partial charge in [-0.1, -0.05) is 6.92 Å². The molecule has 0 aromatic rings. The van der Waals surface area contributed by atoms with Crippen LogP contribution in [0.5, 0.6) is 0 Å². The number of hydrogen-bond acceptors (Lipinski definition) is 2. The molecule has 0 fully saturated rings. The zero-order valence-corrected chi connectivity index (χ0v) is 6.62. The van der Waals surface area contributed by atoms with Gasteiger partial charge in [-0.15, -0.1) is 0 Å². The highest BCUT2D eigenvalue weighted by atomic mass is 32.2. The van der Waals surface area contributed by atoms with E-state index in [0.29, 0.717) is 6.10 Å². The topological polar surface area (TPSA) is 9.23 Å². The van der Waals surface area contributed by atoms with Gasteiger partial charge in [0.2, 0.25) is 0 Å². The Morgan fingerprint density at radius 1 is 1.62 bits per heavy atom. The molecule has 0 aliphatic heterocycles. The van der Waals surface area contributed by atoms with E-state index in [2.05, 4.69) is 13.2 Å². The fraction of sp³-hybridized carbons (Fsp3) is 1.00. The number of rotatable bonds is 4. The summed E-state index contributed by atoms with van der Waals surface area (Å²) in [6.07, 6.45) is 3.68. The summed E-state index contributed by atoms with van der Waals surface area (Å²) in [7, 11) is 1.77. The van der Waals surface area contributed by atoms with Crippen molar-refractivity contribution >= 4 is 11.8 Å². The van der Waals surface area contributed by atoms with Gasteiger partial charge in [0.15, 0.2) is 0 Å². The van der Waals surface area contributed by atoms with E-state index in [1.54, 1.807) is 7.11 Å². The van der Waals surface area contributed by atoms with Crippen molar-refractivity contribution in [2.24, 2.45) is 0 Å². The summed E-state index contributed by atoms with van der Waals surface area (Å²) in [6, 6.07) is 0. The number of methoxy groups -OCH3 is 1. The van der Waals surface area contributed by atoms with Gasteiger partial charge in [0, 0.05) is 12.9 Å². The molecule has 8 heavy (non-hydrogen) atoms. The third kappa shape index (κ3) is 3.33. The monoisotopic (exact) mass is 134 g/mol. The van der Waals surface area contributed by atoms with Crippen LogP contribution in [0.15, 0.2) is 0 Å². The Hall–Kier alpha value is 0.310. The quantitative estimate of drug-likeness (QED) is 0.579. The molecule has 0 aromatic carbocycles. The molecule has 0 N–H and O–H groups in total. The van der Waals surface area contributed by atoms with Crippen LogP contribution in [0.1, 0.15) is 13.3 Å². The third-order valence-corrected chi connectivity index (χ3v) is 1.85. The highest BCUT2D eigenvalue weighted by Gasteiger charge is 1.99. The van der Waals surface area contributed by atoms with Crippen LogP contribution in [0.25, 0.3) is 0 Å². The van der Waals surface area contributed by atoms with Gasteiger partial charge < -0.3 is 4.74 Å². The maximum absolute atomic E-state index is 5.12. The molecule has 50 valence electrons. The van der Waals surface area contributed by atoms with Crippen LogP contribution < -0.4 is 0 Å². The summed E-state index contributed by atoms with van der Waals surface area (Å²) in [5.41, 5.74) is 0. The fourth-order valence-electron chi connectivity index (χ4n) is 0.538. The molecule has 0 heterocycles. The molecule has 1 unspecified atom stereocenters. The summed E-state index contributed by atoms with van der Waals surface area (Å²) in [5.74, 6) is 1.12. The van der Waals surface area contributed by atoms with Crippen LogP contribution in [0.2, 0.25) is 0 Å². The molecular formula is C6H14OS. The molecular weight excluding hydrogens is 120 g/mol. The highest BCUT2D eigenvalue weighted by Crippen LogP contribution is 2.03. The second-order valence-electron chi connectivity index (χ2n) is 1.72. The Kier molecular flexibility index (Phi) is 5.66. The molecule has 0 bridgehead atoms. The van der Waals surface area contributed by atoms with E-state index in [0.717, 1.165) is 12.2 Å². The van der Waals surface area contributed by atoms with Crippen LogP contribution in [-0.4, -0.2) is 25.2 Å². The normalized spacial score (nSPS) is 13.9. The van der Waals surface area contributed by atoms with E-state index in [1.165, 1.54) is 0 Å². The zero-order valence-electron chi connectivity index (χ0n) is 5.81. The lowest BCUT2D eigenvalue weighted by molar-refractivity contribution is 0.119. The molecule has 0 aliphatic carbocycles. The minimum Gasteiger partial charge on any atom is -0.381 e. The van der Waals surface area contributed by atoms with Crippen molar-refractivity contribution in [3.63, 3.8) is 0 Å². The van der Waals surface area contributed by atoms with Gasteiger partial charge in [-0.05, 0) is 12.7 Å². The molecule has 2 heteroatoms. The van der Waals surface area contributed by atoms with E-state index >= 15 is 0 Å². The lowest BCUT2D eigenvalue weighted by Crippen LogP contribution is -2.11. The van der Waals surface area contributed by atoms with Crippen molar-refractivity contribution in [1.29, 1.82) is 0 Å². The van der Waals surface area contributed by atoms with Crippen molar-refractivity contribution in [3.05, 3.63) is 0 Å². The van der Waals surface area contributed by atoms with E-state index in [9.17, 15) is 0 Å². The number of ether oxygens (including phenoxy) is 1. The van der Waals surface area contributed by atoms with Crippen molar-refractivity contribution in [2.45, 2.75) is 19.4 Å².